The fourth-order valence-electron chi connectivity index (χ4n) is 0.751. The van der Waals surface area contributed by atoms with Gasteiger partial charge in [0.05, 0.1) is 4.88 Å². The highest BCUT2D eigenvalue weighted by Gasteiger charge is 2.29. The van der Waals surface area contributed by atoms with Gasteiger partial charge in [0.25, 0.3) is 0 Å². The maximum absolute atomic E-state index is 13.2. The zero-order chi connectivity index (χ0) is 10.2. The van der Waals surface area contributed by atoms with E-state index in [1.165, 1.54) is 19.9 Å². The van der Waals surface area contributed by atoms with Crippen LogP contribution in [-0.2, 0) is 0 Å². The lowest BCUT2D eigenvalue weighted by molar-refractivity contribution is 0.0765. The van der Waals surface area contributed by atoms with Crippen LogP contribution in [0.4, 0.5) is 4.39 Å². The van der Waals surface area contributed by atoms with E-state index in [1.54, 1.807) is 0 Å². The standard InChI is InChI=1S/C8H7BrClFOS/c1-8(2,11)6(12)5-3-4(9)7(10)13-5/h3H,1-2H3. The zero-order valence-corrected chi connectivity index (χ0v) is 10.2. The molecule has 1 heterocycles. The van der Waals surface area contributed by atoms with E-state index in [0.29, 0.717) is 13.7 Å². The largest absolute Gasteiger partial charge is 0.290 e. The Morgan fingerprint density at radius 1 is 1.69 bits per heavy atom. The van der Waals surface area contributed by atoms with Gasteiger partial charge in [-0.05, 0) is 35.8 Å². The summed E-state index contributed by atoms with van der Waals surface area (Å²) in [6.45, 7) is 2.47. The third-order valence-corrected chi connectivity index (χ3v) is 3.88. The molecule has 0 aliphatic rings. The molecule has 0 fully saturated rings. The minimum atomic E-state index is -1.84. The summed E-state index contributed by atoms with van der Waals surface area (Å²) in [5.74, 6) is -0.537. The lowest BCUT2D eigenvalue weighted by Crippen LogP contribution is -2.24. The summed E-state index contributed by atoms with van der Waals surface area (Å²) >= 11 is 9.95. The molecule has 0 bridgehead atoms. The number of hydrogen-bond donors (Lipinski definition) is 0. The Bertz CT molecular complexity index is 323. The van der Waals surface area contributed by atoms with Gasteiger partial charge in [0.15, 0.2) is 5.67 Å². The Labute approximate surface area is 93.0 Å². The van der Waals surface area contributed by atoms with Gasteiger partial charge in [0.1, 0.15) is 4.34 Å². The van der Waals surface area contributed by atoms with E-state index < -0.39 is 11.5 Å². The van der Waals surface area contributed by atoms with Crippen molar-refractivity contribution in [2.75, 3.05) is 0 Å². The third kappa shape index (κ3) is 2.51. The lowest BCUT2D eigenvalue weighted by atomic mass is 10.1. The number of alkyl halides is 1. The third-order valence-electron chi connectivity index (χ3n) is 1.41. The molecule has 0 N–H and O–H groups in total. The van der Waals surface area contributed by atoms with E-state index in [-0.39, 0.29) is 0 Å². The van der Waals surface area contributed by atoms with Crippen LogP contribution in [-0.4, -0.2) is 11.5 Å². The summed E-state index contributed by atoms with van der Waals surface area (Å²) in [5, 5.41) is 0. The van der Waals surface area contributed by atoms with E-state index >= 15 is 0 Å². The predicted octanol–water partition coefficient (Wildman–Crippen LogP) is 4.09. The van der Waals surface area contributed by atoms with Gasteiger partial charge in [0.2, 0.25) is 5.78 Å². The molecule has 1 nitrogen and oxygen atoms in total. The van der Waals surface area contributed by atoms with Crippen molar-refractivity contribution in [1.29, 1.82) is 0 Å². The second-order valence-electron chi connectivity index (χ2n) is 3.03. The first-order chi connectivity index (χ1) is 5.82. The molecule has 1 aromatic heterocycles. The molecule has 0 saturated heterocycles. The summed E-state index contributed by atoms with van der Waals surface area (Å²) in [4.78, 5) is 11.7. The molecule has 72 valence electrons. The van der Waals surface area contributed by atoms with Crippen molar-refractivity contribution in [2.24, 2.45) is 0 Å². The quantitative estimate of drug-likeness (QED) is 0.748. The molecular formula is C8H7BrClFOS. The summed E-state index contributed by atoms with van der Waals surface area (Å²) in [5.41, 5.74) is -1.84. The highest BCUT2D eigenvalue weighted by atomic mass is 79.9. The number of hydrogen-bond acceptors (Lipinski definition) is 2. The smallest absolute Gasteiger partial charge is 0.209 e. The SMILES string of the molecule is CC(C)(F)C(=O)c1cc(Br)c(Cl)s1. The van der Waals surface area contributed by atoms with Crippen LogP contribution in [0.3, 0.4) is 0 Å². The van der Waals surface area contributed by atoms with Crippen molar-refractivity contribution in [3.63, 3.8) is 0 Å². The van der Waals surface area contributed by atoms with Gasteiger partial charge in [0, 0.05) is 4.47 Å². The van der Waals surface area contributed by atoms with Crippen LogP contribution in [0.2, 0.25) is 4.34 Å². The molecule has 0 aromatic carbocycles. The summed E-state index contributed by atoms with van der Waals surface area (Å²) < 4.78 is 14.3. The number of Topliss-reactive ketones (excluding diaryl/α,β-unsaturated/α-hetero) is 1. The van der Waals surface area contributed by atoms with Crippen molar-refractivity contribution >= 4 is 44.7 Å². The molecule has 0 aliphatic heterocycles. The second-order valence-corrected chi connectivity index (χ2v) is 5.54. The van der Waals surface area contributed by atoms with Gasteiger partial charge < -0.3 is 0 Å². The minimum absolute atomic E-state index is 0.337. The normalized spacial score (nSPS) is 11.8. The van der Waals surface area contributed by atoms with E-state index in [2.05, 4.69) is 15.9 Å². The summed E-state index contributed by atoms with van der Waals surface area (Å²) in [6, 6.07) is 1.54. The molecule has 0 radical (unpaired) electrons. The van der Waals surface area contributed by atoms with Crippen molar-refractivity contribution in [2.45, 2.75) is 19.5 Å². The van der Waals surface area contributed by atoms with Gasteiger partial charge >= 0.3 is 0 Å². The van der Waals surface area contributed by atoms with Crippen LogP contribution in [0.15, 0.2) is 10.5 Å². The average Bonchev–Trinajstić information content (AvgIpc) is 2.29. The van der Waals surface area contributed by atoms with E-state index in [4.69, 9.17) is 11.6 Å². The molecule has 0 spiro atoms. The number of carbonyl (C=O) groups excluding carboxylic acids is 1. The Kier molecular flexibility index (Phi) is 3.15. The Hall–Kier alpha value is 0.0700. The summed E-state index contributed by atoms with van der Waals surface area (Å²) in [7, 11) is 0. The molecule has 13 heavy (non-hydrogen) atoms. The number of thiophene rings is 1. The van der Waals surface area contributed by atoms with Gasteiger partial charge in [-0.15, -0.1) is 11.3 Å². The van der Waals surface area contributed by atoms with Crippen LogP contribution >= 0.6 is 38.9 Å². The summed E-state index contributed by atoms with van der Waals surface area (Å²) in [6.07, 6.45) is 0. The zero-order valence-electron chi connectivity index (χ0n) is 7.03. The van der Waals surface area contributed by atoms with Crippen LogP contribution < -0.4 is 0 Å². The lowest BCUT2D eigenvalue weighted by Gasteiger charge is -2.09. The first-order valence-electron chi connectivity index (χ1n) is 3.51. The van der Waals surface area contributed by atoms with Crippen molar-refractivity contribution in [3.8, 4) is 0 Å². The molecule has 1 rings (SSSR count). The van der Waals surface area contributed by atoms with E-state index in [0.717, 1.165) is 11.3 Å². The maximum Gasteiger partial charge on any atom is 0.209 e. The highest BCUT2D eigenvalue weighted by Crippen LogP contribution is 2.34. The van der Waals surface area contributed by atoms with Crippen molar-refractivity contribution in [3.05, 3.63) is 19.8 Å². The molecular weight excluding hydrogens is 279 g/mol. The van der Waals surface area contributed by atoms with Gasteiger partial charge in [-0.3, -0.25) is 4.79 Å². The Morgan fingerprint density at radius 2 is 2.23 bits per heavy atom. The molecule has 0 saturated carbocycles. The van der Waals surface area contributed by atoms with Crippen LogP contribution in [0, 0.1) is 0 Å². The first kappa shape index (κ1) is 11.1. The van der Waals surface area contributed by atoms with Crippen LogP contribution in [0.1, 0.15) is 23.5 Å². The molecule has 0 atom stereocenters. The molecule has 0 amide bonds. The molecule has 0 unspecified atom stereocenters. The number of rotatable bonds is 2. The predicted molar refractivity (Wildman–Crippen MR) is 56.5 cm³/mol. The fourth-order valence-corrected chi connectivity index (χ4v) is 2.54. The van der Waals surface area contributed by atoms with Crippen molar-refractivity contribution in [1.82, 2.24) is 0 Å². The van der Waals surface area contributed by atoms with Crippen LogP contribution in [0.5, 0.6) is 0 Å². The highest BCUT2D eigenvalue weighted by molar-refractivity contribution is 9.10. The average molecular weight is 286 g/mol. The van der Waals surface area contributed by atoms with Gasteiger partial charge in [-0.25, -0.2) is 4.39 Å². The minimum Gasteiger partial charge on any atom is -0.290 e. The second kappa shape index (κ2) is 3.67. The Balaban J connectivity index is 3.03. The van der Waals surface area contributed by atoms with Gasteiger partial charge in [-0.2, -0.15) is 0 Å². The van der Waals surface area contributed by atoms with E-state index in [9.17, 15) is 9.18 Å². The number of halogens is 3. The molecule has 5 heteroatoms. The first-order valence-corrected chi connectivity index (χ1v) is 5.49. The Morgan fingerprint density at radius 3 is 2.54 bits per heavy atom. The van der Waals surface area contributed by atoms with E-state index in [1.807, 2.05) is 0 Å². The maximum atomic E-state index is 13.2. The monoisotopic (exact) mass is 284 g/mol. The van der Waals surface area contributed by atoms with Crippen LogP contribution in [0.25, 0.3) is 0 Å². The number of ketones is 1. The topological polar surface area (TPSA) is 17.1 Å². The molecule has 1 aromatic rings. The molecule has 0 aliphatic carbocycles. The van der Waals surface area contributed by atoms with Gasteiger partial charge in [-0.1, -0.05) is 11.6 Å². The fraction of sp³-hybridized carbons (Fsp3) is 0.375. The number of carbonyl (C=O) groups is 1. The van der Waals surface area contributed by atoms with Crippen molar-refractivity contribution < 1.29 is 9.18 Å².